The van der Waals surface area contributed by atoms with E-state index in [1.54, 1.807) is 24.3 Å². The molecule has 0 N–H and O–H groups in total. The van der Waals surface area contributed by atoms with Crippen LogP contribution in [0, 0.1) is 34.6 Å². The molecule has 4 rings (SSSR count). The van der Waals surface area contributed by atoms with Crippen molar-refractivity contribution in [1.82, 2.24) is 0 Å². The number of nitriles is 1. The molecule has 0 atom stereocenters. The van der Waals surface area contributed by atoms with Crippen LogP contribution in [0.3, 0.4) is 0 Å². The van der Waals surface area contributed by atoms with Gasteiger partial charge in [0.25, 0.3) is 0 Å². The summed E-state index contributed by atoms with van der Waals surface area (Å²) in [4.78, 5) is 24.3. The second kappa shape index (κ2) is 16.2. The Hall–Kier alpha value is -4.97. The standard InChI is InChI=1S/C36H31F4NO4/c37-31-22-29(18-19-30(31)27-20-32(38)36(40)33(39)21-27)45-35(43)9-7-5-3-1-2-4-6-8-34(42)44-28-16-14-26(15-17-28)25-12-10-24(23-41)11-13-25/h10-22H,1-9H2. The molecule has 9 heteroatoms. The number of carbonyl (C=O) groups excluding carboxylic acids is 2. The van der Waals surface area contributed by atoms with Crippen molar-refractivity contribution in [2.75, 3.05) is 0 Å². The van der Waals surface area contributed by atoms with Gasteiger partial charge < -0.3 is 9.47 Å². The maximum absolute atomic E-state index is 14.5. The Kier molecular flexibility index (Phi) is 11.9. The molecule has 0 aliphatic carbocycles. The monoisotopic (exact) mass is 617 g/mol. The van der Waals surface area contributed by atoms with Gasteiger partial charge in [-0.3, -0.25) is 9.59 Å². The number of carbonyl (C=O) groups is 2. The smallest absolute Gasteiger partial charge is 0.311 e. The molecule has 45 heavy (non-hydrogen) atoms. The van der Waals surface area contributed by atoms with E-state index in [4.69, 9.17) is 14.7 Å². The van der Waals surface area contributed by atoms with Gasteiger partial charge in [-0.05, 0) is 78.1 Å². The summed E-state index contributed by atoms with van der Waals surface area (Å²) in [7, 11) is 0. The Balaban J connectivity index is 1.06. The molecule has 0 spiro atoms. The van der Waals surface area contributed by atoms with Gasteiger partial charge in [0.05, 0.1) is 11.6 Å². The van der Waals surface area contributed by atoms with Crippen LogP contribution in [0.25, 0.3) is 22.3 Å². The molecule has 232 valence electrons. The van der Waals surface area contributed by atoms with Crippen molar-refractivity contribution in [3.63, 3.8) is 0 Å². The SMILES string of the molecule is N#Cc1ccc(-c2ccc(OC(=O)CCCCCCCCCC(=O)Oc3ccc(-c4cc(F)c(F)c(F)c4)c(F)c3)cc2)cc1. The topological polar surface area (TPSA) is 76.4 Å². The Morgan fingerprint density at radius 3 is 1.53 bits per heavy atom. The first-order chi connectivity index (χ1) is 21.7. The van der Waals surface area contributed by atoms with Crippen molar-refractivity contribution < 1.29 is 36.6 Å². The molecule has 0 aliphatic rings. The van der Waals surface area contributed by atoms with Crippen LogP contribution < -0.4 is 9.47 Å². The van der Waals surface area contributed by atoms with Crippen LogP contribution in [0.1, 0.15) is 63.4 Å². The third-order valence-corrected chi connectivity index (χ3v) is 7.16. The predicted octanol–water partition coefficient (Wildman–Crippen LogP) is 9.47. The van der Waals surface area contributed by atoms with Crippen LogP contribution in [-0.4, -0.2) is 11.9 Å². The molecule has 0 fully saturated rings. The average Bonchev–Trinajstić information content (AvgIpc) is 3.03. The summed E-state index contributed by atoms with van der Waals surface area (Å²) in [5.41, 5.74) is 2.19. The zero-order valence-electron chi connectivity index (χ0n) is 24.5. The lowest BCUT2D eigenvalue weighted by atomic mass is 10.0. The van der Waals surface area contributed by atoms with Gasteiger partial charge in [0.2, 0.25) is 0 Å². The number of ether oxygens (including phenoxy) is 2. The number of esters is 2. The van der Waals surface area contributed by atoms with E-state index in [9.17, 15) is 27.2 Å². The van der Waals surface area contributed by atoms with Gasteiger partial charge in [0.15, 0.2) is 17.5 Å². The van der Waals surface area contributed by atoms with Gasteiger partial charge >= 0.3 is 11.9 Å². The zero-order valence-corrected chi connectivity index (χ0v) is 24.5. The minimum atomic E-state index is -1.64. The number of rotatable bonds is 14. The summed E-state index contributed by atoms with van der Waals surface area (Å²) in [6.45, 7) is 0. The number of nitrogens with zero attached hydrogens (tertiary/aromatic N) is 1. The summed E-state index contributed by atoms with van der Waals surface area (Å²) < 4.78 is 65.2. The molecule has 0 radical (unpaired) electrons. The lowest BCUT2D eigenvalue weighted by Crippen LogP contribution is -2.08. The first-order valence-electron chi connectivity index (χ1n) is 14.7. The molecule has 0 saturated carbocycles. The Bertz CT molecular complexity index is 1640. The van der Waals surface area contributed by atoms with E-state index in [2.05, 4.69) is 6.07 Å². The fourth-order valence-electron chi connectivity index (χ4n) is 4.74. The average molecular weight is 618 g/mol. The highest BCUT2D eigenvalue weighted by atomic mass is 19.2. The van der Waals surface area contributed by atoms with E-state index in [0.717, 1.165) is 55.7 Å². The van der Waals surface area contributed by atoms with Crippen molar-refractivity contribution >= 4 is 11.9 Å². The molecule has 0 aliphatic heterocycles. The summed E-state index contributed by atoms with van der Waals surface area (Å²) >= 11 is 0. The third kappa shape index (κ3) is 9.77. The third-order valence-electron chi connectivity index (χ3n) is 7.16. The molecule has 4 aromatic rings. The van der Waals surface area contributed by atoms with Gasteiger partial charge in [0.1, 0.15) is 17.3 Å². The van der Waals surface area contributed by atoms with Crippen LogP contribution in [0.5, 0.6) is 11.5 Å². The van der Waals surface area contributed by atoms with Crippen molar-refractivity contribution in [1.29, 1.82) is 5.26 Å². The summed E-state index contributed by atoms with van der Waals surface area (Å²) in [5.74, 6) is -5.73. The van der Waals surface area contributed by atoms with Crippen molar-refractivity contribution in [3.05, 3.63) is 108 Å². The number of hydrogen-bond donors (Lipinski definition) is 0. The molecule has 0 amide bonds. The Labute approximate surface area is 259 Å². The fourth-order valence-corrected chi connectivity index (χ4v) is 4.74. The summed E-state index contributed by atoms with van der Waals surface area (Å²) in [6, 6.07) is 21.4. The van der Waals surface area contributed by atoms with Gasteiger partial charge in [-0.1, -0.05) is 56.4 Å². The summed E-state index contributed by atoms with van der Waals surface area (Å²) in [6.07, 6.45) is 6.30. The number of halogens is 4. The molecule has 5 nitrogen and oxygen atoms in total. The maximum atomic E-state index is 14.5. The maximum Gasteiger partial charge on any atom is 0.311 e. The van der Waals surface area contributed by atoms with Crippen molar-refractivity contribution in [2.24, 2.45) is 0 Å². The highest BCUT2D eigenvalue weighted by Crippen LogP contribution is 2.29. The van der Waals surface area contributed by atoms with E-state index >= 15 is 0 Å². The second-order valence-corrected chi connectivity index (χ2v) is 10.5. The molecule has 0 bridgehead atoms. The number of unbranched alkanes of at least 4 members (excludes halogenated alkanes) is 6. The minimum absolute atomic E-state index is 0.0389. The van der Waals surface area contributed by atoms with Gasteiger partial charge in [-0.15, -0.1) is 0 Å². The first-order valence-corrected chi connectivity index (χ1v) is 14.7. The van der Waals surface area contributed by atoms with Crippen LogP contribution in [-0.2, 0) is 9.59 Å². The van der Waals surface area contributed by atoms with Crippen molar-refractivity contribution in [3.8, 4) is 39.8 Å². The normalized spacial score (nSPS) is 10.7. The first kappa shape index (κ1) is 32.9. The van der Waals surface area contributed by atoms with Crippen LogP contribution in [0.4, 0.5) is 17.6 Å². The van der Waals surface area contributed by atoms with Crippen LogP contribution >= 0.6 is 0 Å². The number of benzene rings is 4. The fraction of sp³-hybridized carbons (Fsp3) is 0.250. The molecule has 4 aromatic carbocycles. The Morgan fingerprint density at radius 1 is 0.556 bits per heavy atom. The Morgan fingerprint density at radius 2 is 1.02 bits per heavy atom. The van der Waals surface area contributed by atoms with E-state index in [0.29, 0.717) is 36.3 Å². The van der Waals surface area contributed by atoms with Gasteiger partial charge in [0, 0.05) is 24.5 Å². The lowest BCUT2D eigenvalue weighted by molar-refractivity contribution is -0.135. The van der Waals surface area contributed by atoms with Gasteiger partial charge in [-0.25, -0.2) is 17.6 Å². The van der Waals surface area contributed by atoms with Crippen LogP contribution in [0.15, 0.2) is 78.9 Å². The predicted molar refractivity (Wildman–Crippen MR) is 161 cm³/mol. The van der Waals surface area contributed by atoms with E-state index in [-0.39, 0.29) is 29.3 Å². The second-order valence-electron chi connectivity index (χ2n) is 10.5. The van der Waals surface area contributed by atoms with E-state index < -0.39 is 29.2 Å². The highest BCUT2D eigenvalue weighted by molar-refractivity contribution is 5.74. The van der Waals surface area contributed by atoms with Crippen molar-refractivity contribution in [2.45, 2.75) is 57.8 Å². The molecule has 0 aromatic heterocycles. The zero-order chi connectivity index (χ0) is 32.2. The van der Waals surface area contributed by atoms with E-state index in [1.807, 2.05) is 24.3 Å². The van der Waals surface area contributed by atoms with Crippen LogP contribution in [0.2, 0.25) is 0 Å². The molecular formula is C36H31F4NO4. The minimum Gasteiger partial charge on any atom is -0.427 e. The molecular weight excluding hydrogens is 586 g/mol. The lowest BCUT2D eigenvalue weighted by Gasteiger charge is -2.08. The molecule has 0 saturated heterocycles. The number of hydrogen-bond acceptors (Lipinski definition) is 5. The highest BCUT2D eigenvalue weighted by Gasteiger charge is 2.15. The van der Waals surface area contributed by atoms with Gasteiger partial charge in [-0.2, -0.15) is 5.26 Å². The van der Waals surface area contributed by atoms with E-state index in [1.165, 1.54) is 12.1 Å². The summed E-state index contributed by atoms with van der Waals surface area (Å²) in [5, 5.41) is 8.92. The quantitative estimate of drug-likeness (QED) is 0.0463. The molecule has 0 unspecified atom stereocenters. The largest absolute Gasteiger partial charge is 0.427 e. The molecule has 0 heterocycles.